The number of hydrogen-bond donors (Lipinski definition) is 3. The first-order valence-corrected chi connectivity index (χ1v) is 5.33. The highest BCUT2D eigenvalue weighted by Crippen LogP contribution is 2.26. The van der Waals surface area contributed by atoms with E-state index in [1.807, 2.05) is 0 Å². The Labute approximate surface area is 104 Å². The Morgan fingerprint density at radius 2 is 2.39 bits per heavy atom. The molecule has 2 aromatic rings. The van der Waals surface area contributed by atoms with Gasteiger partial charge >= 0.3 is 0 Å². The molecule has 6 nitrogen and oxygen atoms in total. The van der Waals surface area contributed by atoms with Crippen molar-refractivity contribution in [1.29, 1.82) is 0 Å². The normalized spacial score (nSPS) is 10.1. The van der Waals surface area contributed by atoms with Gasteiger partial charge in [-0.05, 0) is 18.2 Å². The summed E-state index contributed by atoms with van der Waals surface area (Å²) in [5, 5.41) is 18.6. The SMILES string of the molecule is COc1cc(C(=O)NCc2cn[nH]c2)ccc1O. The van der Waals surface area contributed by atoms with Gasteiger partial charge in [0.25, 0.3) is 5.91 Å². The quantitative estimate of drug-likeness (QED) is 0.753. The summed E-state index contributed by atoms with van der Waals surface area (Å²) in [6, 6.07) is 4.44. The summed E-state index contributed by atoms with van der Waals surface area (Å²) in [5.74, 6) is 0.0318. The number of benzene rings is 1. The molecule has 1 heterocycles. The molecule has 18 heavy (non-hydrogen) atoms. The zero-order valence-electron chi connectivity index (χ0n) is 9.80. The van der Waals surface area contributed by atoms with E-state index in [9.17, 15) is 9.90 Å². The molecule has 0 aliphatic carbocycles. The summed E-state index contributed by atoms with van der Waals surface area (Å²) in [6.07, 6.45) is 3.34. The number of rotatable bonds is 4. The third-order valence-corrected chi connectivity index (χ3v) is 2.45. The smallest absolute Gasteiger partial charge is 0.251 e. The molecule has 94 valence electrons. The number of aromatic amines is 1. The Morgan fingerprint density at radius 1 is 1.56 bits per heavy atom. The Morgan fingerprint density at radius 3 is 3.06 bits per heavy atom. The second-order valence-electron chi connectivity index (χ2n) is 3.68. The topological polar surface area (TPSA) is 87.2 Å². The number of aromatic nitrogens is 2. The minimum atomic E-state index is -0.241. The molecule has 1 amide bonds. The van der Waals surface area contributed by atoms with Crippen LogP contribution in [-0.4, -0.2) is 28.3 Å². The molecule has 0 atom stereocenters. The standard InChI is InChI=1S/C12H13N3O3/c1-18-11-4-9(2-3-10(11)16)12(17)13-5-8-6-14-15-7-8/h2-4,6-7,16H,5H2,1H3,(H,13,17)(H,14,15). The Kier molecular flexibility index (Phi) is 3.47. The van der Waals surface area contributed by atoms with Crippen LogP contribution >= 0.6 is 0 Å². The second-order valence-corrected chi connectivity index (χ2v) is 3.68. The highest BCUT2D eigenvalue weighted by molar-refractivity contribution is 5.94. The molecule has 0 bridgehead atoms. The molecule has 6 heteroatoms. The molecule has 0 saturated heterocycles. The van der Waals surface area contributed by atoms with Crippen LogP contribution in [0.15, 0.2) is 30.6 Å². The fourth-order valence-electron chi connectivity index (χ4n) is 1.48. The van der Waals surface area contributed by atoms with E-state index >= 15 is 0 Å². The van der Waals surface area contributed by atoms with Gasteiger partial charge in [0.2, 0.25) is 0 Å². The summed E-state index contributed by atoms with van der Waals surface area (Å²) < 4.78 is 4.94. The molecule has 3 N–H and O–H groups in total. The summed E-state index contributed by atoms with van der Waals surface area (Å²) in [6.45, 7) is 0.387. The molecule has 0 aliphatic heterocycles. The maximum atomic E-state index is 11.8. The number of phenolic OH excluding ortho intramolecular Hbond substituents is 1. The van der Waals surface area contributed by atoms with Gasteiger partial charge in [0.15, 0.2) is 11.5 Å². The van der Waals surface area contributed by atoms with Crippen molar-refractivity contribution in [1.82, 2.24) is 15.5 Å². The first-order chi connectivity index (χ1) is 8.70. The fourth-order valence-corrected chi connectivity index (χ4v) is 1.48. The van der Waals surface area contributed by atoms with E-state index in [0.717, 1.165) is 5.56 Å². The van der Waals surface area contributed by atoms with Gasteiger partial charge in [-0.2, -0.15) is 5.10 Å². The number of H-pyrrole nitrogens is 1. The first kappa shape index (κ1) is 12.0. The highest BCUT2D eigenvalue weighted by atomic mass is 16.5. The number of carbonyl (C=O) groups is 1. The second kappa shape index (κ2) is 5.22. The lowest BCUT2D eigenvalue weighted by atomic mass is 10.2. The zero-order valence-corrected chi connectivity index (χ0v) is 9.80. The number of nitrogens with one attached hydrogen (secondary N) is 2. The lowest BCUT2D eigenvalue weighted by molar-refractivity contribution is 0.0950. The average molecular weight is 247 g/mol. The van der Waals surface area contributed by atoms with Gasteiger partial charge in [0, 0.05) is 23.9 Å². The Balaban J connectivity index is 2.04. The molecule has 0 spiro atoms. The molecular weight excluding hydrogens is 234 g/mol. The van der Waals surface area contributed by atoms with Gasteiger partial charge in [-0.1, -0.05) is 0 Å². The lowest BCUT2D eigenvalue weighted by Gasteiger charge is -2.07. The third kappa shape index (κ3) is 2.60. The monoisotopic (exact) mass is 247 g/mol. The summed E-state index contributed by atoms with van der Waals surface area (Å²) >= 11 is 0. The van der Waals surface area contributed by atoms with Crippen LogP contribution in [0.5, 0.6) is 11.5 Å². The summed E-state index contributed by atoms with van der Waals surface area (Å²) in [4.78, 5) is 11.8. The van der Waals surface area contributed by atoms with E-state index in [-0.39, 0.29) is 17.4 Å². The van der Waals surface area contributed by atoms with Crippen LogP contribution in [-0.2, 0) is 6.54 Å². The van der Waals surface area contributed by atoms with E-state index in [0.29, 0.717) is 12.1 Å². The van der Waals surface area contributed by atoms with Crippen molar-refractivity contribution in [2.45, 2.75) is 6.54 Å². The number of aromatic hydroxyl groups is 1. The number of phenols is 1. The molecule has 0 unspecified atom stereocenters. The maximum absolute atomic E-state index is 11.8. The molecule has 2 rings (SSSR count). The van der Waals surface area contributed by atoms with E-state index in [4.69, 9.17) is 4.74 Å². The van der Waals surface area contributed by atoms with Crippen molar-refractivity contribution in [3.8, 4) is 11.5 Å². The van der Waals surface area contributed by atoms with Gasteiger partial charge in [0.1, 0.15) is 0 Å². The van der Waals surface area contributed by atoms with Gasteiger partial charge in [-0.25, -0.2) is 0 Å². The van der Waals surface area contributed by atoms with Crippen LogP contribution < -0.4 is 10.1 Å². The highest BCUT2D eigenvalue weighted by Gasteiger charge is 2.09. The van der Waals surface area contributed by atoms with Crippen molar-refractivity contribution < 1.29 is 14.6 Å². The molecule has 0 fully saturated rings. The van der Waals surface area contributed by atoms with Crippen LogP contribution in [0, 0.1) is 0 Å². The zero-order chi connectivity index (χ0) is 13.0. The van der Waals surface area contributed by atoms with Crippen molar-refractivity contribution in [2.75, 3.05) is 7.11 Å². The van der Waals surface area contributed by atoms with Crippen LogP contribution in [0.4, 0.5) is 0 Å². The molecule has 0 aliphatic rings. The number of carbonyl (C=O) groups excluding carboxylic acids is 1. The van der Waals surface area contributed by atoms with Gasteiger partial charge in [-0.15, -0.1) is 0 Å². The fraction of sp³-hybridized carbons (Fsp3) is 0.167. The molecule has 1 aromatic heterocycles. The number of hydrogen-bond acceptors (Lipinski definition) is 4. The predicted octanol–water partition coefficient (Wildman–Crippen LogP) is 1.05. The van der Waals surface area contributed by atoms with E-state index < -0.39 is 0 Å². The molecule has 1 aromatic carbocycles. The third-order valence-electron chi connectivity index (χ3n) is 2.45. The molecular formula is C12H13N3O3. The Hall–Kier alpha value is -2.50. The van der Waals surface area contributed by atoms with E-state index in [2.05, 4.69) is 15.5 Å². The van der Waals surface area contributed by atoms with Crippen molar-refractivity contribution >= 4 is 5.91 Å². The van der Waals surface area contributed by atoms with Crippen LogP contribution in [0.1, 0.15) is 15.9 Å². The Bertz CT molecular complexity index is 538. The number of ether oxygens (including phenoxy) is 1. The van der Waals surface area contributed by atoms with Crippen molar-refractivity contribution in [3.05, 3.63) is 41.7 Å². The van der Waals surface area contributed by atoms with Crippen LogP contribution in [0.25, 0.3) is 0 Å². The molecule has 0 radical (unpaired) electrons. The first-order valence-electron chi connectivity index (χ1n) is 5.33. The summed E-state index contributed by atoms with van der Waals surface area (Å²) in [5.41, 5.74) is 1.31. The molecule has 0 saturated carbocycles. The van der Waals surface area contributed by atoms with Gasteiger partial charge in [0.05, 0.1) is 13.3 Å². The van der Waals surface area contributed by atoms with Crippen LogP contribution in [0.3, 0.4) is 0 Å². The van der Waals surface area contributed by atoms with Crippen molar-refractivity contribution in [3.63, 3.8) is 0 Å². The van der Waals surface area contributed by atoms with Crippen LogP contribution in [0.2, 0.25) is 0 Å². The van der Waals surface area contributed by atoms with Crippen molar-refractivity contribution in [2.24, 2.45) is 0 Å². The number of amides is 1. The summed E-state index contributed by atoms with van der Waals surface area (Å²) in [7, 11) is 1.43. The average Bonchev–Trinajstić information content (AvgIpc) is 2.89. The predicted molar refractivity (Wildman–Crippen MR) is 64.4 cm³/mol. The minimum absolute atomic E-state index is 0.00360. The van der Waals surface area contributed by atoms with E-state index in [1.54, 1.807) is 12.4 Å². The largest absolute Gasteiger partial charge is 0.504 e. The lowest BCUT2D eigenvalue weighted by Crippen LogP contribution is -2.22. The number of methoxy groups -OCH3 is 1. The minimum Gasteiger partial charge on any atom is -0.504 e. The van der Waals surface area contributed by atoms with E-state index in [1.165, 1.54) is 25.3 Å². The van der Waals surface area contributed by atoms with Gasteiger partial charge in [-0.3, -0.25) is 9.89 Å². The maximum Gasteiger partial charge on any atom is 0.251 e. The number of nitrogens with zero attached hydrogens (tertiary/aromatic N) is 1. The van der Waals surface area contributed by atoms with Gasteiger partial charge < -0.3 is 15.2 Å².